The van der Waals surface area contributed by atoms with Gasteiger partial charge in [0, 0.05) is 5.69 Å². The summed E-state index contributed by atoms with van der Waals surface area (Å²) >= 11 is 0. The Bertz CT molecular complexity index is 539. The summed E-state index contributed by atoms with van der Waals surface area (Å²) in [5.74, 6) is -0.846. The SMILES string of the molecule is C[C@@H]1C[C@@H]1C(=O)OCC(=O)Nc1ccc(C(F)(F)F)cc1. The lowest BCUT2D eigenvalue weighted by molar-refractivity contribution is -0.148. The van der Waals surface area contributed by atoms with Crippen molar-refractivity contribution < 1.29 is 27.5 Å². The quantitative estimate of drug-likeness (QED) is 0.870. The number of anilines is 1. The normalized spacial score (nSPS) is 20.8. The zero-order chi connectivity index (χ0) is 15.6. The van der Waals surface area contributed by atoms with E-state index in [-0.39, 0.29) is 17.5 Å². The fraction of sp³-hybridized carbons (Fsp3) is 0.429. The fourth-order valence-electron chi connectivity index (χ4n) is 1.83. The molecule has 114 valence electrons. The molecule has 2 rings (SSSR count). The van der Waals surface area contributed by atoms with Crippen molar-refractivity contribution in [3.63, 3.8) is 0 Å². The van der Waals surface area contributed by atoms with Crippen LogP contribution in [0.3, 0.4) is 0 Å². The third-order valence-electron chi connectivity index (χ3n) is 3.25. The van der Waals surface area contributed by atoms with Crippen molar-refractivity contribution in [1.29, 1.82) is 0 Å². The number of hydrogen-bond acceptors (Lipinski definition) is 3. The highest BCUT2D eigenvalue weighted by molar-refractivity contribution is 5.93. The molecule has 0 saturated heterocycles. The first-order chi connectivity index (χ1) is 9.77. The Morgan fingerprint density at radius 2 is 1.86 bits per heavy atom. The van der Waals surface area contributed by atoms with Gasteiger partial charge in [-0.1, -0.05) is 6.92 Å². The maximum absolute atomic E-state index is 12.4. The highest BCUT2D eigenvalue weighted by atomic mass is 19.4. The molecular weight excluding hydrogens is 287 g/mol. The van der Waals surface area contributed by atoms with Crippen molar-refractivity contribution in [3.05, 3.63) is 29.8 Å². The smallest absolute Gasteiger partial charge is 0.416 e. The van der Waals surface area contributed by atoms with Crippen LogP contribution >= 0.6 is 0 Å². The maximum Gasteiger partial charge on any atom is 0.416 e. The second-order valence-corrected chi connectivity index (χ2v) is 5.05. The lowest BCUT2D eigenvalue weighted by Crippen LogP contribution is -2.21. The molecule has 0 bridgehead atoms. The summed E-state index contributed by atoms with van der Waals surface area (Å²) in [6.07, 6.45) is -3.65. The van der Waals surface area contributed by atoms with E-state index in [2.05, 4.69) is 5.32 Å². The lowest BCUT2D eigenvalue weighted by atomic mass is 10.2. The third-order valence-corrected chi connectivity index (χ3v) is 3.25. The highest BCUT2D eigenvalue weighted by Crippen LogP contribution is 2.38. The minimum atomic E-state index is -4.42. The van der Waals surface area contributed by atoms with Gasteiger partial charge < -0.3 is 10.1 Å². The number of carbonyl (C=O) groups excluding carboxylic acids is 2. The molecule has 4 nitrogen and oxygen atoms in total. The van der Waals surface area contributed by atoms with E-state index in [9.17, 15) is 22.8 Å². The van der Waals surface area contributed by atoms with Gasteiger partial charge in [0.05, 0.1) is 11.5 Å². The molecule has 1 aliphatic rings. The zero-order valence-electron chi connectivity index (χ0n) is 11.2. The third kappa shape index (κ3) is 4.21. The number of alkyl halides is 3. The van der Waals surface area contributed by atoms with Crippen LogP contribution in [-0.2, 0) is 20.5 Å². The Balaban J connectivity index is 1.81. The second-order valence-electron chi connectivity index (χ2n) is 5.05. The van der Waals surface area contributed by atoms with Crippen molar-refractivity contribution >= 4 is 17.6 Å². The van der Waals surface area contributed by atoms with E-state index in [1.54, 1.807) is 0 Å². The van der Waals surface area contributed by atoms with Crippen LogP contribution in [0.2, 0.25) is 0 Å². The van der Waals surface area contributed by atoms with Crippen LogP contribution in [0, 0.1) is 11.8 Å². The standard InChI is InChI=1S/C14H14F3NO3/c1-8-6-11(8)13(20)21-7-12(19)18-10-4-2-9(3-5-10)14(15,16)17/h2-5,8,11H,6-7H2,1H3,(H,18,19)/t8-,11+/m1/s1. The second kappa shape index (κ2) is 5.75. The van der Waals surface area contributed by atoms with Crippen molar-refractivity contribution in [1.82, 2.24) is 0 Å². The molecule has 2 atom stereocenters. The number of amides is 1. The first-order valence-electron chi connectivity index (χ1n) is 6.41. The number of hydrogen-bond donors (Lipinski definition) is 1. The van der Waals surface area contributed by atoms with Gasteiger partial charge >= 0.3 is 12.1 Å². The van der Waals surface area contributed by atoms with E-state index >= 15 is 0 Å². The average Bonchev–Trinajstić information content (AvgIpc) is 3.13. The lowest BCUT2D eigenvalue weighted by Gasteiger charge is -2.09. The summed E-state index contributed by atoms with van der Waals surface area (Å²) < 4.78 is 41.9. The molecule has 0 aromatic heterocycles. The van der Waals surface area contributed by atoms with Gasteiger partial charge in [0.2, 0.25) is 0 Å². The van der Waals surface area contributed by atoms with E-state index in [4.69, 9.17) is 4.74 Å². The molecule has 0 spiro atoms. The summed E-state index contributed by atoms with van der Waals surface area (Å²) in [7, 11) is 0. The fourth-order valence-corrected chi connectivity index (χ4v) is 1.83. The number of benzene rings is 1. The monoisotopic (exact) mass is 301 g/mol. The summed E-state index contributed by atoms with van der Waals surface area (Å²) in [6.45, 7) is 1.47. The average molecular weight is 301 g/mol. The predicted octanol–water partition coefficient (Wildman–Crippen LogP) is 2.84. The molecule has 1 amide bonds. The number of halogens is 3. The Hall–Kier alpha value is -2.05. The molecule has 1 aromatic rings. The molecule has 1 aliphatic carbocycles. The van der Waals surface area contributed by atoms with Crippen LogP contribution in [0.4, 0.5) is 18.9 Å². The molecule has 0 unspecified atom stereocenters. The highest BCUT2D eigenvalue weighted by Gasteiger charge is 2.40. The van der Waals surface area contributed by atoms with E-state index in [1.165, 1.54) is 0 Å². The van der Waals surface area contributed by atoms with Crippen LogP contribution < -0.4 is 5.32 Å². The largest absolute Gasteiger partial charge is 0.455 e. The summed E-state index contributed by atoms with van der Waals surface area (Å²) in [4.78, 5) is 22.9. The van der Waals surface area contributed by atoms with Gasteiger partial charge in [0.25, 0.3) is 5.91 Å². The number of ether oxygens (including phenoxy) is 1. The van der Waals surface area contributed by atoms with Crippen molar-refractivity contribution in [3.8, 4) is 0 Å². The summed E-state index contributed by atoms with van der Waals surface area (Å²) in [5, 5.41) is 2.36. The van der Waals surface area contributed by atoms with E-state index in [0.717, 1.165) is 30.7 Å². The van der Waals surface area contributed by atoms with Gasteiger partial charge in [0.1, 0.15) is 0 Å². The van der Waals surface area contributed by atoms with Gasteiger partial charge in [-0.2, -0.15) is 13.2 Å². The van der Waals surface area contributed by atoms with Gasteiger partial charge in [-0.05, 0) is 36.6 Å². The summed E-state index contributed by atoms with van der Waals surface area (Å²) in [6, 6.07) is 4.03. The minimum absolute atomic E-state index is 0.135. The van der Waals surface area contributed by atoms with Crippen LogP contribution in [0.1, 0.15) is 18.9 Å². The van der Waals surface area contributed by atoms with E-state index in [1.807, 2.05) is 6.92 Å². The van der Waals surface area contributed by atoms with Crippen molar-refractivity contribution in [2.45, 2.75) is 19.5 Å². The number of carbonyl (C=O) groups is 2. The summed E-state index contributed by atoms with van der Waals surface area (Å²) in [5.41, 5.74) is -0.585. The Kier molecular flexibility index (Phi) is 4.20. The number of nitrogens with one attached hydrogen (secondary N) is 1. The molecule has 1 aromatic carbocycles. The van der Waals surface area contributed by atoms with Gasteiger partial charge in [0.15, 0.2) is 6.61 Å². The Morgan fingerprint density at radius 3 is 2.33 bits per heavy atom. The number of rotatable bonds is 4. The Labute approximate surface area is 119 Å². The molecule has 0 heterocycles. The number of esters is 1. The maximum atomic E-state index is 12.4. The van der Waals surface area contributed by atoms with Crippen molar-refractivity contribution in [2.24, 2.45) is 11.8 Å². The van der Waals surface area contributed by atoms with Gasteiger partial charge in [-0.25, -0.2) is 0 Å². The predicted molar refractivity (Wildman–Crippen MR) is 68.3 cm³/mol. The van der Waals surface area contributed by atoms with Crippen LogP contribution in [-0.4, -0.2) is 18.5 Å². The molecule has 0 radical (unpaired) electrons. The topological polar surface area (TPSA) is 55.4 Å². The van der Waals surface area contributed by atoms with Gasteiger partial charge in [-0.3, -0.25) is 9.59 Å². The first kappa shape index (κ1) is 15.3. The molecule has 7 heteroatoms. The molecule has 0 aliphatic heterocycles. The van der Waals surface area contributed by atoms with Crippen LogP contribution in [0.25, 0.3) is 0 Å². The Morgan fingerprint density at radius 1 is 1.29 bits per heavy atom. The molecular formula is C14H14F3NO3. The zero-order valence-corrected chi connectivity index (χ0v) is 11.2. The first-order valence-corrected chi connectivity index (χ1v) is 6.41. The molecule has 21 heavy (non-hydrogen) atoms. The minimum Gasteiger partial charge on any atom is -0.455 e. The molecule has 1 saturated carbocycles. The van der Waals surface area contributed by atoms with Gasteiger partial charge in [-0.15, -0.1) is 0 Å². The van der Waals surface area contributed by atoms with E-state index < -0.39 is 30.2 Å². The van der Waals surface area contributed by atoms with Crippen LogP contribution in [0.5, 0.6) is 0 Å². The van der Waals surface area contributed by atoms with Crippen LogP contribution in [0.15, 0.2) is 24.3 Å². The van der Waals surface area contributed by atoms with Crippen molar-refractivity contribution in [2.75, 3.05) is 11.9 Å². The molecule has 1 fully saturated rings. The van der Waals surface area contributed by atoms with E-state index in [0.29, 0.717) is 0 Å². The molecule has 1 N–H and O–H groups in total.